The van der Waals surface area contributed by atoms with Gasteiger partial charge in [0.2, 0.25) is 0 Å². The van der Waals surface area contributed by atoms with E-state index in [1.165, 1.54) is 15.9 Å². The van der Waals surface area contributed by atoms with Crippen molar-refractivity contribution < 1.29 is 13.0 Å². The lowest BCUT2D eigenvalue weighted by Gasteiger charge is -2.14. The van der Waals surface area contributed by atoms with Crippen molar-refractivity contribution in [1.82, 2.24) is 4.68 Å². The number of rotatable bonds is 2. The van der Waals surface area contributed by atoms with Crippen LogP contribution in [0.15, 0.2) is 28.0 Å². The van der Waals surface area contributed by atoms with E-state index < -0.39 is 20.6 Å². The fourth-order valence-electron chi connectivity index (χ4n) is 0.944. The zero-order valence-corrected chi connectivity index (χ0v) is 8.52. The minimum atomic E-state index is -4.30. The van der Waals surface area contributed by atoms with Gasteiger partial charge in [-0.3, -0.25) is 9.35 Å². The smallest absolute Gasteiger partial charge is 0.294 e. The summed E-state index contributed by atoms with van der Waals surface area (Å²) in [4.78, 5) is 10.9. The monoisotopic (exact) mass is 218 g/mol. The van der Waals surface area contributed by atoms with Gasteiger partial charge in [0.05, 0.1) is 0 Å². The van der Waals surface area contributed by atoms with Crippen LogP contribution >= 0.6 is 0 Å². The predicted octanol–water partition coefficient (Wildman–Crippen LogP) is -0.707. The highest BCUT2D eigenvalue weighted by molar-refractivity contribution is 7.85. The van der Waals surface area contributed by atoms with Crippen molar-refractivity contribution in [3.8, 4) is 0 Å². The molecule has 0 bridgehead atoms. The Morgan fingerprint density at radius 3 is 2.36 bits per heavy atom. The Kier molecular flexibility index (Phi) is 2.63. The molecule has 0 unspecified atom stereocenters. The molecule has 1 rings (SSSR count). The van der Waals surface area contributed by atoms with Crippen LogP contribution in [0.3, 0.4) is 0 Å². The van der Waals surface area contributed by atoms with Gasteiger partial charge < -0.3 is 5.01 Å². The molecule has 1 aromatic heterocycles. The molecule has 1 N–H and O–H groups in total. The predicted molar refractivity (Wildman–Crippen MR) is 50.6 cm³/mol. The maximum absolute atomic E-state index is 11.3. The SMILES string of the molecule is CN(C)n1ccc(S(=O)(=O)O)cc1=O. The summed E-state index contributed by atoms with van der Waals surface area (Å²) in [5.41, 5.74) is -0.523. The molecule has 0 amide bonds. The van der Waals surface area contributed by atoms with E-state index in [0.717, 1.165) is 12.1 Å². The Balaban J connectivity index is 3.35. The van der Waals surface area contributed by atoms with Crippen molar-refractivity contribution in [3.05, 3.63) is 28.7 Å². The number of aromatic nitrogens is 1. The number of hydrogen-bond acceptors (Lipinski definition) is 4. The molecule has 78 valence electrons. The van der Waals surface area contributed by atoms with Gasteiger partial charge in [0.1, 0.15) is 4.90 Å². The average molecular weight is 218 g/mol. The highest BCUT2D eigenvalue weighted by Crippen LogP contribution is 2.03. The fraction of sp³-hybridized carbons (Fsp3) is 0.286. The molecule has 0 saturated heterocycles. The maximum Gasteiger partial charge on any atom is 0.294 e. The van der Waals surface area contributed by atoms with Crippen LogP contribution in [0.25, 0.3) is 0 Å². The van der Waals surface area contributed by atoms with E-state index in [-0.39, 0.29) is 0 Å². The van der Waals surface area contributed by atoms with Crippen LogP contribution in [0.2, 0.25) is 0 Å². The molecule has 0 aliphatic heterocycles. The van der Waals surface area contributed by atoms with Gasteiger partial charge in [0.15, 0.2) is 0 Å². The molecule has 0 aliphatic rings. The molecule has 0 saturated carbocycles. The van der Waals surface area contributed by atoms with Gasteiger partial charge in [-0.25, -0.2) is 4.68 Å². The Bertz CT molecular complexity index is 489. The molecule has 1 aromatic rings. The molecule has 0 fully saturated rings. The summed E-state index contributed by atoms with van der Waals surface area (Å²) in [6.45, 7) is 0. The Hall–Kier alpha value is -1.34. The summed E-state index contributed by atoms with van der Waals surface area (Å²) in [6.07, 6.45) is 1.27. The molecular formula is C7H10N2O4S. The zero-order valence-electron chi connectivity index (χ0n) is 7.71. The first-order valence-electron chi connectivity index (χ1n) is 3.70. The lowest BCUT2D eigenvalue weighted by atomic mass is 10.5. The van der Waals surface area contributed by atoms with Crippen molar-refractivity contribution in [2.45, 2.75) is 4.90 Å². The normalized spacial score (nSPS) is 11.4. The minimum Gasteiger partial charge on any atom is -0.316 e. The van der Waals surface area contributed by atoms with Crippen LogP contribution in [0.5, 0.6) is 0 Å². The molecule has 6 nitrogen and oxygen atoms in total. The van der Waals surface area contributed by atoms with E-state index in [9.17, 15) is 13.2 Å². The summed E-state index contributed by atoms with van der Waals surface area (Å²) in [5.74, 6) is 0. The van der Waals surface area contributed by atoms with Crippen LogP contribution < -0.4 is 10.6 Å². The molecule has 0 aliphatic carbocycles. The molecule has 0 aromatic carbocycles. The van der Waals surface area contributed by atoms with E-state index in [0.29, 0.717) is 0 Å². The van der Waals surface area contributed by atoms with Crippen LogP contribution in [-0.2, 0) is 10.1 Å². The first-order valence-corrected chi connectivity index (χ1v) is 5.14. The molecule has 0 spiro atoms. The maximum atomic E-state index is 11.3. The first-order chi connectivity index (χ1) is 6.32. The van der Waals surface area contributed by atoms with E-state index in [2.05, 4.69) is 0 Å². The highest BCUT2D eigenvalue weighted by atomic mass is 32.2. The minimum absolute atomic E-state index is 0.402. The zero-order chi connectivity index (χ0) is 10.9. The van der Waals surface area contributed by atoms with Gasteiger partial charge in [-0.2, -0.15) is 8.42 Å². The summed E-state index contributed by atoms with van der Waals surface area (Å²) in [6, 6.07) is 2.01. The van der Waals surface area contributed by atoms with Gasteiger partial charge in [-0.15, -0.1) is 0 Å². The van der Waals surface area contributed by atoms with Crippen molar-refractivity contribution >= 4 is 10.1 Å². The van der Waals surface area contributed by atoms with Gasteiger partial charge in [-0.1, -0.05) is 0 Å². The van der Waals surface area contributed by atoms with E-state index in [1.54, 1.807) is 14.1 Å². The lowest BCUT2D eigenvalue weighted by molar-refractivity contribution is 0.482. The van der Waals surface area contributed by atoms with Crippen LogP contribution in [0.4, 0.5) is 0 Å². The van der Waals surface area contributed by atoms with Crippen LogP contribution in [-0.4, -0.2) is 31.7 Å². The van der Waals surface area contributed by atoms with Gasteiger partial charge in [-0.05, 0) is 6.07 Å². The topological polar surface area (TPSA) is 79.6 Å². The quantitative estimate of drug-likeness (QED) is 0.663. The van der Waals surface area contributed by atoms with Crippen molar-refractivity contribution in [2.75, 3.05) is 19.1 Å². The first kappa shape index (κ1) is 10.7. The van der Waals surface area contributed by atoms with Crippen molar-refractivity contribution in [2.24, 2.45) is 0 Å². The number of nitrogens with zero attached hydrogens (tertiary/aromatic N) is 2. The summed E-state index contributed by atoms with van der Waals surface area (Å²) < 4.78 is 31.2. The molecule has 0 atom stereocenters. The second-order valence-corrected chi connectivity index (χ2v) is 4.29. The molecule has 1 heterocycles. The van der Waals surface area contributed by atoms with Gasteiger partial charge >= 0.3 is 0 Å². The Morgan fingerprint density at radius 1 is 1.43 bits per heavy atom. The second-order valence-electron chi connectivity index (χ2n) is 2.87. The average Bonchev–Trinajstić information content (AvgIpc) is 2.01. The second kappa shape index (κ2) is 3.43. The third-order valence-electron chi connectivity index (χ3n) is 1.60. The van der Waals surface area contributed by atoms with E-state index in [1.807, 2.05) is 0 Å². The van der Waals surface area contributed by atoms with Crippen LogP contribution in [0.1, 0.15) is 0 Å². The Labute approximate surface area is 81.1 Å². The highest BCUT2D eigenvalue weighted by Gasteiger charge is 2.10. The molecular weight excluding hydrogens is 208 g/mol. The van der Waals surface area contributed by atoms with Crippen molar-refractivity contribution in [1.29, 1.82) is 0 Å². The van der Waals surface area contributed by atoms with E-state index in [4.69, 9.17) is 4.55 Å². The Morgan fingerprint density at radius 2 is 2.00 bits per heavy atom. The summed E-state index contributed by atoms with van der Waals surface area (Å²) >= 11 is 0. The van der Waals surface area contributed by atoms with E-state index >= 15 is 0 Å². The summed E-state index contributed by atoms with van der Waals surface area (Å²) in [5, 5.41) is 1.48. The van der Waals surface area contributed by atoms with Crippen LogP contribution in [0, 0.1) is 0 Å². The third-order valence-corrected chi connectivity index (χ3v) is 2.45. The third kappa shape index (κ3) is 2.12. The van der Waals surface area contributed by atoms with Gasteiger partial charge in [0.25, 0.3) is 15.7 Å². The lowest BCUT2D eigenvalue weighted by Crippen LogP contribution is -2.35. The van der Waals surface area contributed by atoms with Crippen molar-refractivity contribution in [3.63, 3.8) is 0 Å². The number of hydrogen-bond donors (Lipinski definition) is 1. The summed E-state index contributed by atoms with van der Waals surface area (Å²) in [7, 11) is -1.03. The molecule has 7 heteroatoms. The standard InChI is InChI=1S/C7H10N2O4S/c1-8(2)9-4-3-6(5-7(9)10)14(11,12)13/h3-5H,1-2H3,(H,11,12,13). The largest absolute Gasteiger partial charge is 0.316 e. The van der Waals surface area contributed by atoms with Gasteiger partial charge in [0, 0.05) is 26.4 Å². The fourth-order valence-corrected chi connectivity index (χ4v) is 1.43. The number of pyridine rings is 1. The molecule has 0 radical (unpaired) electrons. The molecule has 14 heavy (non-hydrogen) atoms.